The third kappa shape index (κ3) is 2.20. The second kappa shape index (κ2) is 5.08. The van der Waals surface area contributed by atoms with Crippen molar-refractivity contribution in [1.82, 2.24) is 4.90 Å². The zero-order valence-corrected chi connectivity index (χ0v) is 11.3. The van der Waals surface area contributed by atoms with Gasteiger partial charge in [0.05, 0.1) is 6.04 Å². The first-order valence-corrected chi connectivity index (χ1v) is 6.81. The van der Waals surface area contributed by atoms with E-state index in [1.165, 1.54) is 23.3 Å². The average molecular weight is 269 g/mol. The molecule has 0 radical (unpaired) electrons. The third-order valence-electron chi connectivity index (χ3n) is 3.93. The van der Waals surface area contributed by atoms with Crippen LogP contribution in [0.1, 0.15) is 34.5 Å². The number of fused-ring (bicyclic) bond motifs is 1. The summed E-state index contributed by atoms with van der Waals surface area (Å²) in [6.07, 6.45) is 0.849. The Kier molecular flexibility index (Phi) is 3.26. The van der Waals surface area contributed by atoms with Crippen LogP contribution in [-0.4, -0.2) is 17.4 Å². The Balaban J connectivity index is 1.91. The zero-order chi connectivity index (χ0) is 14.1. The molecule has 0 bridgehead atoms. The van der Waals surface area contributed by atoms with Crippen LogP contribution in [-0.2, 0) is 6.42 Å². The van der Waals surface area contributed by atoms with Gasteiger partial charge < -0.3 is 4.90 Å². The largest absolute Gasteiger partial charge is 0.332 e. The lowest BCUT2D eigenvalue weighted by molar-refractivity contribution is 0.0677. The predicted molar refractivity (Wildman–Crippen MR) is 76.0 cm³/mol. The zero-order valence-electron chi connectivity index (χ0n) is 11.3. The maximum Gasteiger partial charge on any atom is 0.254 e. The molecule has 0 aromatic heterocycles. The topological polar surface area (TPSA) is 20.3 Å². The van der Waals surface area contributed by atoms with E-state index in [1.807, 2.05) is 24.0 Å². The van der Waals surface area contributed by atoms with Crippen molar-refractivity contribution >= 4 is 5.91 Å². The number of hydrogen-bond acceptors (Lipinski definition) is 1. The monoisotopic (exact) mass is 269 g/mol. The van der Waals surface area contributed by atoms with Gasteiger partial charge in [0.15, 0.2) is 0 Å². The van der Waals surface area contributed by atoms with Crippen molar-refractivity contribution in [3.05, 3.63) is 71.0 Å². The smallest absolute Gasteiger partial charge is 0.254 e. The Labute approximate surface area is 117 Å². The fraction of sp³-hybridized carbons (Fsp3) is 0.235. The van der Waals surface area contributed by atoms with E-state index >= 15 is 0 Å². The van der Waals surface area contributed by atoms with Crippen molar-refractivity contribution in [2.24, 2.45) is 0 Å². The maximum absolute atomic E-state index is 13.3. The van der Waals surface area contributed by atoms with Crippen molar-refractivity contribution in [1.29, 1.82) is 0 Å². The molecule has 2 aromatic carbocycles. The van der Waals surface area contributed by atoms with Crippen molar-refractivity contribution in [3.63, 3.8) is 0 Å². The van der Waals surface area contributed by atoms with Crippen molar-refractivity contribution in [3.8, 4) is 0 Å². The molecule has 1 heterocycles. The number of carbonyl (C=O) groups excluding carboxylic acids is 1. The summed E-state index contributed by atoms with van der Waals surface area (Å²) in [5, 5.41) is 0. The van der Waals surface area contributed by atoms with E-state index in [1.54, 1.807) is 12.1 Å². The summed E-state index contributed by atoms with van der Waals surface area (Å²) in [7, 11) is 0. The highest BCUT2D eigenvalue weighted by atomic mass is 19.1. The summed E-state index contributed by atoms with van der Waals surface area (Å²) in [5.41, 5.74) is 2.89. The van der Waals surface area contributed by atoms with Crippen LogP contribution in [0.3, 0.4) is 0 Å². The molecule has 102 valence electrons. The lowest BCUT2D eigenvalue weighted by Crippen LogP contribution is -2.38. The Hall–Kier alpha value is -2.16. The number of hydrogen-bond donors (Lipinski definition) is 0. The van der Waals surface area contributed by atoms with Crippen LogP contribution >= 0.6 is 0 Å². The molecule has 2 nitrogen and oxygen atoms in total. The average Bonchev–Trinajstić information content (AvgIpc) is 2.47. The Bertz CT molecular complexity index is 653. The highest BCUT2D eigenvalue weighted by molar-refractivity contribution is 5.94. The van der Waals surface area contributed by atoms with E-state index in [2.05, 4.69) is 12.1 Å². The van der Waals surface area contributed by atoms with Crippen LogP contribution < -0.4 is 0 Å². The van der Waals surface area contributed by atoms with Crippen molar-refractivity contribution in [2.75, 3.05) is 6.54 Å². The lowest BCUT2D eigenvalue weighted by Gasteiger charge is -2.35. The van der Waals surface area contributed by atoms with Crippen LogP contribution in [0.2, 0.25) is 0 Å². The molecule has 0 saturated heterocycles. The molecular formula is C17H16FNO. The van der Waals surface area contributed by atoms with E-state index in [0.29, 0.717) is 12.1 Å². The summed E-state index contributed by atoms with van der Waals surface area (Å²) in [4.78, 5) is 14.3. The first-order chi connectivity index (χ1) is 9.66. The molecule has 1 aliphatic rings. The number of benzene rings is 2. The van der Waals surface area contributed by atoms with Gasteiger partial charge in [-0.3, -0.25) is 4.79 Å². The molecule has 0 saturated carbocycles. The predicted octanol–water partition coefficient (Wildman–Crippen LogP) is 3.59. The van der Waals surface area contributed by atoms with E-state index in [4.69, 9.17) is 0 Å². The molecule has 1 amide bonds. The maximum atomic E-state index is 13.3. The first kappa shape index (κ1) is 12.9. The van der Waals surface area contributed by atoms with E-state index in [9.17, 15) is 9.18 Å². The van der Waals surface area contributed by atoms with Gasteiger partial charge in [0.25, 0.3) is 5.91 Å². The minimum Gasteiger partial charge on any atom is -0.332 e. The summed E-state index contributed by atoms with van der Waals surface area (Å²) < 4.78 is 13.3. The molecule has 3 rings (SSSR count). The number of rotatable bonds is 1. The molecule has 2 aromatic rings. The molecule has 1 atom stereocenters. The van der Waals surface area contributed by atoms with Crippen LogP contribution in [0.4, 0.5) is 4.39 Å². The number of carbonyl (C=O) groups is 1. The normalized spacial score (nSPS) is 17.7. The first-order valence-electron chi connectivity index (χ1n) is 6.81. The number of nitrogens with zero attached hydrogens (tertiary/aromatic N) is 1. The highest BCUT2D eigenvalue weighted by Gasteiger charge is 2.27. The molecular weight excluding hydrogens is 253 g/mol. The Morgan fingerprint density at radius 2 is 2.00 bits per heavy atom. The number of halogens is 1. The van der Waals surface area contributed by atoms with Crippen LogP contribution in [0.5, 0.6) is 0 Å². The van der Waals surface area contributed by atoms with Gasteiger partial charge in [0.2, 0.25) is 0 Å². The highest BCUT2D eigenvalue weighted by Crippen LogP contribution is 2.30. The Morgan fingerprint density at radius 1 is 1.20 bits per heavy atom. The molecule has 20 heavy (non-hydrogen) atoms. The van der Waals surface area contributed by atoms with Gasteiger partial charge in [-0.2, -0.15) is 0 Å². The van der Waals surface area contributed by atoms with Gasteiger partial charge in [-0.1, -0.05) is 30.3 Å². The second-order valence-corrected chi connectivity index (χ2v) is 5.13. The molecule has 3 heteroatoms. The SMILES string of the molecule is CC1c2ccccc2CCN1C(=O)c1cccc(F)c1. The molecule has 0 fully saturated rings. The van der Waals surface area contributed by atoms with Gasteiger partial charge in [-0.25, -0.2) is 4.39 Å². The van der Waals surface area contributed by atoms with Gasteiger partial charge in [0.1, 0.15) is 5.82 Å². The Morgan fingerprint density at radius 3 is 2.80 bits per heavy atom. The summed E-state index contributed by atoms with van der Waals surface area (Å²) in [6.45, 7) is 2.70. The summed E-state index contributed by atoms with van der Waals surface area (Å²) in [5.74, 6) is -0.479. The fourth-order valence-corrected chi connectivity index (χ4v) is 2.84. The second-order valence-electron chi connectivity index (χ2n) is 5.13. The molecule has 0 aliphatic carbocycles. The van der Waals surface area contributed by atoms with Gasteiger partial charge >= 0.3 is 0 Å². The van der Waals surface area contributed by atoms with Gasteiger partial charge in [0, 0.05) is 12.1 Å². The third-order valence-corrected chi connectivity index (χ3v) is 3.93. The van der Waals surface area contributed by atoms with Crippen molar-refractivity contribution in [2.45, 2.75) is 19.4 Å². The summed E-state index contributed by atoms with van der Waals surface area (Å²) in [6, 6.07) is 14.1. The van der Waals surface area contributed by atoms with Gasteiger partial charge in [-0.15, -0.1) is 0 Å². The molecule has 0 spiro atoms. The van der Waals surface area contributed by atoms with Crippen LogP contribution in [0, 0.1) is 5.82 Å². The molecule has 1 aliphatic heterocycles. The van der Waals surface area contributed by atoms with Crippen LogP contribution in [0.15, 0.2) is 48.5 Å². The quantitative estimate of drug-likeness (QED) is 0.774. The van der Waals surface area contributed by atoms with E-state index < -0.39 is 0 Å². The molecule has 1 unspecified atom stereocenters. The molecule has 0 N–H and O–H groups in total. The van der Waals surface area contributed by atoms with Crippen molar-refractivity contribution < 1.29 is 9.18 Å². The standard InChI is InChI=1S/C17H16FNO/c1-12-16-8-3-2-5-13(16)9-10-19(12)17(20)14-6-4-7-15(18)11-14/h2-8,11-12H,9-10H2,1H3. The van der Waals surface area contributed by atoms with Crippen LogP contribution in [0.25, 0.3) is 0 Å². The number of amides is 1. The van der Waals surface area contributed by atoms with E-state index in [0.717, 1.165) is 6.42 Å². The minimum absolute atomic E-state index is 0.0238. The van der Waals surface area contributed by atoms with E-state index in [-0.39, 0.29) is 17.8 Å². The fourth-order valence-electron chi connectivity index (χ4n) is 2.84. The summed E-state index contributed by atoms with van der Waals surface area (Å²) >= 11 is 0. The lowest BCUT2D eigenvalue weighted by atomic mass is 9.93. The van der Waals surface area contributed by atoms with Gasteiger partial charge in [-0.05, 0) is 42.7 Å². The minimum atomic E-state index is -0.374.